The molecule has 0 aliphatic heterocycles. The van der Waals surface area contributed by atoms with Crippen molar-refractivity contribution < 1.29 is 23.0 Å². The number of aliphatic imine (C=N–C) groups is 1. The van der Waals surface area contributed by atoms with Gasteiger partial charge in [-0.05, 0) is 49.4 Å². The fourth-order valence-corrected chi connectivity index (χ4v) is 3.19. The minimum Gasteiger partial charge on any atom is -0.497 e. The summed E-state index contributed by atoms with van der Waals surface area (Å²) in [5.74, 6) is 0.0279. The highest BCUT2D eigenvalue weighted by Gasteiger charge is 2.14. The molecule has 0 heterocycles. The number of rotatable bonds is 6. The van der Waals surface area contributed by atoms with Crippen LogP contribution in [0.1, 0.15) is 17.3 Å². The first kappa shape index (κ1) is 20.2. The van der Waals surface area contributed by atoms with Crippen LogP contribution in [0.2, 0.25) is 0 Å². The number of nitrogens with zero attached hydrogens (tertiary/aromatic N) is 2. The van der Waals surface area contributed by atoms with E-state index in [0.717, 1.165) is 6.21 Å². The molecule has 1 unspecified atom stereocenters. The highest BCUT2D eigenvalue weighted by atomic mass is 32.2. The minimum absolute atomic E-state index is 0.0616. The highest BCUT2D eigenvalue weighted by molar-refractivity contribution is 7.98. The molecule has 27 heavy (non-hydrogen) atoms. The minimum atomic E-state index is -3.77. The number of methoxy groups -OCH3 is 1. The summed E-state index contributed by atoms with van der Waals surface area (Å²) < 4.78 is 33.0. The standard InChI is InChI=1S/C19H18N2O5S/c1-3-26-19(22)14-5-4-6-15(11-14)21-13-18(12-20)27(23,24)17-9-7-16(25-2)8-10-17/h4-11,13H,3H2,1-2H3,(H,23,24). The lowest BCUT2D eigenvalue weighted by molar-refractivity contribution is 0.0526. The van der Waals surface area contributed by atoms with Gasteiger partial charge in [0.15, 0.2) is 4.86 Å². The third kappa shape index (κ3) is 4.94. The predicted molar refractivity (Wildman–Crippen MR) is 103 cm³/mol. The average molecular weight is 386 g/mol. The Hall–Kier alpha value is -3.15. The largest absolute Gasteiger partial charge is 0.497 e. The van der Waals surface area contributed by atoms with Gasteiger partial charge in [-0.2, -0.15) is 5.26 Å². The zero-order valence-electron chi connectivity index (χ0n) is 14.8. The zero-order chi connectivity index (χ0) is 19.9. The summed E-state index contributed by atoms with van der Waals surface area (Å²) in [6.07, 6.45) is 1.02. The van der Waals surface area contributed by atoms with E-state index in [-0.39, 0.29) is 11.5 Å². The number of esters is 1. The van der Waals surface area contributed by atoms with Crippen molar-refractivity contribution >= 4 is 32.5 Å². The van der Waals surface area contributed by atoms with Crippen LogP contribution in [0.15, 0.2) is 58.4 Å². The molecule has 0 amide bonds. The van der Waals surface area contributed by atoms with Crippen LogP contribution in [0.4, 0.5) is 5.69 Å². The fraction of sp³-hybridized carbons (Fsp3) is 0.158. The number of benzene rings is 2. The normalized spacial score (nSPS) is 12.8. The Bertz CT molecular complexity index is 1010. The summed E-state index contributed by atoms with van der Waals surface area (Å²) >= 11 is 0. The van der Waals surface area contributed by atoms with Gasteiger partial charge in [-0.1, -0.05) is 6.07 Å². The molecular formula is C19H18N2O5S. The lowest BCUT2D eigenvalue weighted by Gasteiger charge is -2.06. The van der Waals surface area contributed by atoms with Crippen molar-refractivity contribution in [1.82, 2.24) is 0 Å². The van der Waals surface area contributed by atoms with Gasteiger partial charge in [-0.15, -0.1) is 0 Å². The Morgan fingerprint density at radius 3 is 2.59 bits per heavy atom. The molecule has 0 aliphatic carbocycles. The lowest BCUT2D eigenvalue weighted by atomic mass is 10.2. The Kier molecular flexibility index (Phi) is 6.71. The average Bonchev–Trinajstić information content (AvgIpc) is 2.68. The molecule has 1 atom stereocenters. The van der Waals surface area contributed by atoms with Crippen molar-refractivity contribution in [3.63, 3.8) is 0 Å². The van der Waals surface area contributed by atoms with Gasteiger partial charge in [0.05, 0.1) is 36.1 Å². The number of ether oxygens (including phenoxy) is 2. The quantitative estimate of drug-likeness (QED) is 0.464. The van der Waals surface area contributed by atoms with Crippen LogP contribution in [0.5, 0.6) is 5.75 Å². The maximum absolute atomic E-state index is 12.7. The third-order valence-corrected chi connectivity index (χ3v) is 5.18. The summed E-state index contributed by atoms with van der Waals surface area (Å²) in [4.78, 5) is 15.5. The summed E-state index contributed by atoms with van der Waals surface area (Å²) in [6, 6.07) is 13.8. The summed E-state index contributed by atoms with van der Waals surface area (Å²) in [7, 11) is -2.29. The predicted octanol–water partition coefficient (Wildman–Crippen LogP) is 3.09. The highest BCUT2D eigenvalue weighted by Crippen LogP contribution is 2.18. The molecule has 2 aromatic rings. The maximum Gasteiger partial charge on any atom is 0.338 e. The number of carbonyl (C=O) groups is 1. The van der Waals surface area contributed by atoms with E-state index in [2.05, 4.69) is 4.99 Å². The van der Waals surface area contributed by atoms with Gasteiger partial charge in [-0.25, -0.2) is 9.00 Å². The Labute approximate surface area is 157 Å². The molecule has 0 aliphatic rings. The Balaban J connectivity index is 2.39. The molecule has 0 saturated heterocycles. The smallest absolute Gasteiger partial charge is 0.338 e. The van der Waals surface area contributed by atoms with Crippen molar-refractivity contribution in [3.8, 4) is 11.8 Å². The van der Waals surface area contributed by atoms with E-state index < -0.39 is 20.6 Å². The Morgan fingerprint density at radius 1 is 1.30 bits per heavy atom. The van der Waals surface area contributed by atoms with Crippen molar-refractivity contribution in [2.75, 3.05) is 13.7 Å². The molecule has 2 rings (SSSR count). The van der Waals surface area contributed by atoms with Crippen LogP contribution < -0.4 is 4.74 Å². The van der Waals surface area contributed by atoms with E-state index in [1.54, 1.807) is 31.2 Å². The molecule has 0 fully saturated rings. The number of carbonyl (C=O) groups excluding carboxylic acids is 1. The van der Waals surface area contributed by atoms with Crippen molar-refractivity contribution in [2.24, 2.45) is 4.99 Å². The van der Waals surface area contributed by atoms with Crippen molar-refractivity contribution in [2.45, 2.75) is 11.8 Å². The maximum atomic E-state index is 12.7. The van der Waals surface area contributed by atoms with Gasteiger partial charge < -0.3 is 14.0 Å². The van der Waals surface area contributed by atoms with E-state index >= 15 is 0 Å². The van der Waals surface area contributed by atoms with Crippen LogP contribution in [-0.2, 0) is 14.5 Å². The molecule has 0 radical (unpaired) electrons. The summed E-state index contributed by atoms with van der Waals surface area (Å²) in [5.41, 5.74) is 0.642. The fourth-order valence-electron chi connectivity index (χ4n) is 2.11. The van der Waals surface area contributed by atoms with E-state index in [9.17, 15) is 18.8 Å². The van der Waals surface area contributed by atoms with Crippen molar-refractivity contribution in [3.05, 3.63) is 54.1 Å². The molecule has 8 heteroatoms. The SMILES string of the molecule is CCOC(=O)c1cccc(N=CC(C#N)=S(=O)(O)c2ccc(OC)cc2)c1. The molecule has 0 saturated carbocycles. The second-order valence-corrected chi connectivity index (χ2v) is 7.17. The first-order valence-electron chi connectivity index (χ1n) is 7.91. The van der Waals surface area contributed by atoms with E-state index in [1.807, 2.05) is 0 Å². The van der Waals surface area contributed by atoms with Crippen LogP contribution in [-0.4, -0.2) is 39.5 Å². The van der Waals surface area contributed by atoms with Gasteiger partial charge in [0.1, 0.15) is 21.6 Å². The van der Waals surface area contributed by atoms with Gasteiger partial charge in [-0.3, -0.25) is 4.99 Å². The number of hydrogen-bond acceptors (Lipinski definition) is 6. The summed E-state index contributed by atoms with van der Waals surface area (Å²) in [6.45, 7) is 1.94. The second kappa shape index (κ2) is 8.98. The molecule has 0 bridgehead atoms. The van der Waals surface area contributed by atoms with Crippen LogP contribution in [0, 0.1) is 11.3 Å². The van der Waals surface area contributed by atoms with E-state index in [1.165, 1.54) is 37.4 Å². The van der Waals surface area contributed by atoms with E-state index in [0.29, 0.717) is 17.0 Å². The zero-order valence-corrected chi connectivity index (χ0v) is 15.6. The molecular weight excluding hydrogens is 368 g/mol. The molecule has 7 nitrogen and oxygen atoms in total. The molecule has 2 aromatic carbocycles. The van der Waals surface area contributed by atoms with Gasteiger partial charge in [0.2, 0.25) is 0 Å². The van der Waals surface area contributed by atoms with Gasteiger partial charge in [0.25, 0.3) is 0 Å². The van der Waals surface area contributed by atoms with E-state index in [4.69, 9.17) is 9.47 Å². The van der Waals surface area contributed by atoms with Crippen LogP contribution in [0.25, 0.3) is 0 Å². The monoisotopic (exact) mass is 386 g/mol. The molecule has 0 spiro atoms. The topological polar surface area (TPSA) is 109 Å². The van der Waals surface area contributed by atoms with Crippen molar-refractivity contribution in [1.29, 1.82) is 5.26 Å². The van der Waals surface area contributed by atoms with Crippen LogP contribution in [0.3, 0.4) is 0 Å². The van der Waals surface area contributed by atoms with Crippen LogP contribution >= 0.6 is 0 Å². The lowest BCUT2D eigenvalue weighted by Crippen LogP contribution is -2.14. The number of hydrogen-bond donors (Lipinski definition) is 1. The first-order valence-corrected chi connectivity index (χ1v) is 9.43. The Morgan fingerprint density at radius 2 is 2.00 bits per heavy atom. The molecule has 1 N–H and O–H groups in total. The van der Waals surface area contributed by atoms with Gasteiger partial charge >= 0.3 is 5.97 Å². The number of nitriles is 1. The molecule has 140 valence electrons. The van der Waals surface area contributed by atoms with Gasteiger partial charge in [0, 0.05) is 0 Å². The third-order valence-electron chi connectivity index (χ3n) is 3.48. The summed E-state index contributed by atoms with van der Waals surface area (Å²) in [5, 5.41) is 9.30. The second-order valence-electron chi connectivity index (χ2n) is 5.21. The molecule has 0 aromatic heterocycles. The first-order chi connectivity index (χ1) is 12.9.